The van der Waals surface area contributed by atoms with Crippen molar-refractivity contribution in [2.75, 3.05) is 11.5 Å². The molecule has 1 N–H and O–H groups in total. The third kappa shape index (κ3) is 4.96. The van der Waals surface area contributed by atoms with Crippen molar-refractivity contribution in [2.24, 2.45) is 11.8 Å². The average molecular weight is 262 g/mol. The third-order valence-electron chi connectivity index (χ3n) is 3.80. The predicted octanol–water partition coefficient (Wildman–Crippen LogP) is 2.39. The van der Waals surface area contributed by atoms with Crippen molar-refractivity contribution < 1.29 is 13.5 Å². The molecule has 0 heterocycles. The van der Waals surface area contributed by atoms with Gasteiger partial charge in [0.1, 0.15) is 9.84 Å². The molecule has 4 heteroatoms. The Morgan fingerprint density at radius 2 is 1.76 bits per heavy atom. The van der Waals surface area contributed by atoms with Gasteiger partial charge in [-0.1, -0.05) is 20.8 Å². The Labute approximate surface area is 106 Å². The first-order valence-corrected chi connectivity index (χ1v) is 8.51. The van der Waals surface area contributed by atoms with E-state index < -0.39 is 15.4 Å². The maximum absolute atomic E-state index is 11.4. The molecule has 1 aliphatic carbocycles. The van der Waals surface area contributed by atoms with Gasteiger partial charge < -0.3 is 5.11 Å². The average Bonchev–Trinajstić information content (AvgIpc) is 2.14. The minimum absolute atomic E-state index is 0.207. The summed E-state index contributed by atoms with van der Waals surface area (Å²) in [6.07, 6.45) is 4.04. The standard InChI is InChI=1S/C13H26O3S/c1-4-17(15,16)7-5-6-13(14)9-11(2)8-12(3)10-13/h11-12,14H,4-10H2,1-3H3. The first-order valence-electron chi connectivity index (χ1n) is 6.69. The van der Waals surface area contributed by atoms with Crippen molar-refractivity contribution in [3.63, 3.8) is 0 Å². The molecular formula is C13H26O3S. The van der Waals surface area contributed by atoms with Gasteiger partial charge in [0.25, 0.3) is 0 Å². The van der Waals surface area contributed by atoms with Gasteiger partial charge in [-0.25, -0.2) is 8.42 Å². The monoisotopic (exact) mass is 262 g/mol. The molecule has 0 aromatic carbocycles. The van der Waals surface area contributed by atoms with Gasteiger partial charge in [0.15, 0.2) is 0 Å². The Balaban J connectivity index is 2.44. The Morgan fingerprint density at radius 3 is 2.24 bits per heavy atom. The van der Waals surface area contributed by atoms with Crippen LogP contribution in [0.5, 0.6) is 0 Å². The van der Waals surface area contributed by atoms with Crippen LogP contribution in [0.4, 0.5) is 0 Å². The lowest BCUT2D eigenvalue weighted by Gasteiger charge is -2.39. The van der Waals surface area contributed by atoms with Crippen molar-refractivity contribution in [1.29, 1.82) is 0 Å². The maximum atomic E-state index is 11.4. The predicted molar refractivity (Wildman–Crippen MR) is 70.7 cm³/mol. The maximum Gasteiger partial charge on any atom is 0.150 e. The summed E-state index contributed by atoms with van der Waals surface area (Å²) in [5.41, 5.74) is -0.625. The molecule has 0 saturated heterocycles. The number of sulfone groups is 1. The van der Waals surface area contributed by atoms with Crippen LogP contribution in [0.15, 0.2) is 0 Å². The van der Waals surface area contributed by atoms with Crippen LogP contribution in [0.25, 0.3) is 0 Å². The zero-order valence-electron chi connectivity index (χ0n) is 11.3. The van der Waals surface area contributed by atoms with Crippen LogP contribution in [0.1, 0.15) is 52.9 Å². The van der Waals surface area contributed by atoms with E-state index in [0.717, 1.165) is 12.8 Å². The minimum Gasteiger partial charge on any atom is -0.390 e. The molecule has 1 rings (SSSR count). The molecule has 0 aromatic rings. The van der Waals surface area contributed by atoms with Gasteiger partial charge in [0.05, 0.1) is 11.4 Å². The highest BCUT2D eigenvalue weighted by atomic mass is 32.2. The highest BCUT2D eigenvalue weighted by molar-refractivity contribution is 7.91. The summed E-state index contributed by atoms with van der Waals surface area (Å²) in [4.78, 5) is 0. The number of hydrogen-bond donors (Lipinski definition) is 1. The number of rotatable bonds is 5. The largest absolute Gasteiger partial charge is 0.390 e. The van der Waals surface area contributed by atoms with Gasteiger partial charge in [-0.3, -0.25) is 0 Å². The molecule has 0 spiro atoms. The number of hydrogen-bond acceptors (Lipinski definition) is 3. The van der Waals surface area contributed by atoms with Gasteiger partial charge in [0.2, 0.25) is 0 Å². The molecule has 1 aliphatic rings. The fourth-order valence-electron chi connectivity index (χ4n) is 3.20. The molecule has 102 valence electrons. The van der Waals surface area contributed by atoms with Gasteiger partial charge >= 0.3 is 0 Å². The van der Waals surface area contributed by atoms with E-state index in [2.05, 4.69) is 13.8 Å². The lowest BCUT2D eigenvalue weighted by molar-refractivity contribution is -0.0378. The smallest absolute Gasteiger partial charge is 0.150 e. The van der Waals surface area contributed by atoms with E-state index in [0.29, 0.717) is 24.7 Å². The summed E-state index contributed by atoms with van der Waals surface area (Å²) in [7, 11) is -2.89. The minimum atomic E-state index is -2.89. The highest BCUT2D eigenvalue weighted by Crippen LogP contribution is 2.38. The van der Waals surface area contributed by atoms with Crippen molar-refractivity contribution >= 4 is 9.84 Å². The molecule has 17 heavy (non-hydrogen) atoms. The summed E-state index contributed by atoms with van der Waals surface area (Å²) < 4.78 is 22.8. The van der Waals surface area contributed by atoms with Crippen LogP contribution in [0.3, 0.4) is 0 Å². The van der Waals surface area contributed by atoms with Crippen molar-refractivity contribution in [3.05, 3.63) is 0 Å². The second-order valence-corrected chi connectivity index (χ2v) is 8.39. The second-order valence-electron chi connectivity index (χ2n) is 5.92. The summed E-state index contributed by atoms with van der Waals surface area (Å²) in [6, 6.07) is 0. The molecule has 0 bridgehead atoms. The Bertz CT molecular complexity index is 325. The van der Waals surface area contributed by atoms with E-state index in [-0.39, 0.29) is 11.5 Å². The van der Waals surface area contributed by atoms with Gasteiger partial charge in [-0.2, -0.15) is 0 Å². The zero-order chi connectivity index (χ0) is 13.1. The van der Waals surface area contributed by atoms with Gasteiger partial charge in [0, 0.05) is 5.75 Å². The van der Waals surface area contributed by atoms with Crippen molar-refractivity contribution in [3.8, 4) is 0 Å². The molecule has 1 fully saturated rings. The van der Waals surface area contributed by atoms with E-state index in [1.54, 1.807) is 6.92 Å². The lowest BCUT2D eigenvalue weighted by Crippen LogP contribution is -2.38. The van der Waals surface area contributed by atoms with Gasteiger partial charge in [-0.05, 0) is 43.9 Å². The molecule has 0 aromatic heterocycles. The molecule has 2 unspecified atom stereocenters. The Hall–Kier alpha value is -0.0900. The van der Waals surface area contributed by atoms with Crippen LogP contribution in [0.2, 0.25) is 0 Å². The second kappa shape index (κ2) is 5.70. The molecule has 0 aliphatic heterocycles. The SMILES string of the molecule is CCS(=O)(=O)CCCC1(O)CC(C)CC(C)C1. The quantitative estimate of drug-likeness (QED) is 0.827. The van der Waals surface area contributed by atoms with E-state index in [1.807, 2.05) is 0 Å². The zero-order valence-corrected chi connectivity index (χ0v) is 12.1. The van der Waals surface area contributed by atoms with Crippen LogP contribution in [-0.4, -0.2) is 30.6 Å². The van der Waals surface area contributed by atoms with Crippen LogP contribution in [-0.2, 0) is 9.84 Å². The van der Waals surface area contributed by atoms with E-state index in [9.17, 15) is 13.5 Å². The number of aliphatic hydroxyl groups is 1. The summed E-state index contributed by atoms with van der Waals surface area (Å²) >= 11 is 0. The summed E-state index contributed by atoms with van der Waals surface area (Å²) in [5, 5.41) is 10.5. The molecule has 1 saturated carbocycles. The molecule has 3 nitrogen and oxygen atoms in total. The van der Waals surface area contributed by atoms with Crippen molar-refractivity contribution in [2.45, 2.75) is 58.5 Å². The Morgan fingerprint density at radius 1 is 1.24 bits per heavy atom. The van der Waals surface area contributed by atoms with E-state index in [1.165, 1.54) is 6.42 Å². The van der Waals surface area contributed by atoms with Crippen LogP contribution >= 0.6 is 0 Å². The molecule has 0 radical (unpaired) electrons. The first kappa shape index (κ1) is 15.0. The summed E-state index contributed by atoms with van der Waals surface area (Å²) in [5.74, 6) is 1.52. The van der Waals surface area contributed by atoms with Gasteiger partial charge in [-0.15, -0.1) is 0 Å². The van der Waals surface area contributed by atoms with Crippen LogP contribution in [0, 0.1) is 11.8 Å². The molecular weight excluding hydrogens is 236 g/mol. The van der Waals surface area contributed by atoms with E-state index >= 15 is 0 Å². The normalized spacial score (nSPS) is 34.8. The van der Waals surface area contributed by atoms with E-state index in [4.69, 9.17) is 0 Å². The topological polar surface area (TPSA) is 54.4 Å². The van der Waals surface area contributed by atoms with Crippen LogP contribution < -0.4 is 0 Å². The first-order chi connectivity index (χ1) is 7.76. The summed E-state index contributed by atoms with van der Waals surface area (Å²) in [6.45, 7) is 6.02. The fraction of sp³-hybridized carbons (Fsp3) is 1.00. The molecule has 2 atom stereocenters. The Kier molecular flexibility index (Phi) is 5.02. The lowest BCUT2D eigenvalue weighted by atomic mass is 9.72. The molecule has 0 amide bonds. The third-order valence-corrected chi connectivity index (χ3v) is 5.59. The fourth-order valence-corrected chi connectivity index (χ4v) is 4.08. The highest BCUT2D eigenvalue weighted by Gasteiger charge is 2.35. The van der Waals surface area contributed by atoms with Crippen molar-refractivity contribution in [1.82, 2.24) is 0 Å².